The maximum atomic E-state index is 12.2. The summed E-state index contributed by atoms with van der Waals surface area (Å²) in [6.07, 6.45) is -0.322. The molecular weight excluding hydrogens is 350 g/mol. The number of rotatable bonds is 8. The molecule has 0 fully saturated rings. The Labute approximate surface area is 143 Å². The number of halogens is 1. The highest BCUT2D eigenvalue weighted by molar-refractivity contribution is 9.09. The van der Waals surface area contributed by atoms with Crippen LogP contribution in [0.1, 0.15) is 48.5 Å². The number of ether oxygens (including phenoxy) is 3. The molecule has 1 unspecified atom stereocenters. The number of hydrogen-bond donors (Lipinski definition) is 0. The molecule has 132 valence electrons. The van der Waals surface area contributed by atoms with Crippen LogP contribution in [0.4, 0.5) is 4.79 Å². The molecule has 0 aliphatic carbocycles. The third-order valence-corrected chi connectivity index (χ3v) is 4.35. The summed E-state index contributed by atoms with van der Waals surface area (Å²) < 4.78 is 16.8. The van der Waals surface area contributed by atoms with E-state index in [1.54, 1.807) is 12.0 Å². The van der Waals surface area contributed by atoms with Gasteiger partial charge in [-0.2, -0.15) is 0 Å². The Morgan fingerprint density at radius 2 is 1.68 bits per heavy atom. The first kappa shape index (κ1) is 21.7. The van der Waals surface area contributed by atoms with E-state index in [2.05, 4.69) is 15.9 Å². The molecule has 0 bridgehead atoms. The smallest absolute Gasteiger partial charge is 0.410 e. The van der Waals surface area contributed by atoms with Crippen LogP contribution in [0.25, 0.3) is 0 Å². The zero-order valence-electron chi connectivity index (χ0n) is 15.3. The van der Waals surface area contributed by atoms with E-state index in [0.29, 0.717) is 25.0 Å². The summed E-state index contributed by atoms with van der Waals surface area (Å²) in [6, 6.07) is 0. The molecule has 6 heteroatoms. The van der Waals surface area contributed by atoms with E-state index in [4.69, 9.17) is 14.2 Å². The molecule has 0 N–H and O–H groups in total. The lowest BCUT2D eigenvalue weighted by Crippen LogP contribution is -2.49. The number of likely N-dealkylation sites (N-methyl/N-ethyl adjacent to an activating group) is 1. The molecule has 0 spiro atoms. The molecule has 5 nitrogen and oxygen atoms in total. The van der Waals surface area contributed by atoms with Gasteiger partial charge in [0, 0.05) is 19.0 Å². The zero-order chi connectivity index (χ0) is 17.6. The van der Waals surface area contributed by atoms with Crippen molar-refractivity contribution in [3.63, 3.8) is 0 Å². The number of methoxy groups -OCH3 is 1. The van der Waals surface area contributed by atoms with Crippen LogP contribution in [-0.2, 0) is 14.2 Å². The minimum Gasteiger partial charge on any atom is -0.444 e. The number of alkyl halides is 1. The van der Waals surface area contributed by atoms with Crippen molar-refractivity contribution in [2.75, 3.05) is 32.1 Å². The summed E-state index contributed by atoms with van der Waals surface area (Å²) in [7, 11) is 1.66. The minimum atomic E-state index is -0.511. The number of carbonyl (C=O) groups excluding carboxylic acids is 1. The number of hydrogen-bond acceptors (Lipinski definition) is 4. The lowest BCUT2D eigenvalue weighted by Gasteiger charge is -2.37. The average molecular weight is 382 g/mol. The first-order valence-corrected chi connectivity index (χ1v) is 8.73. The average Bonchev–Trinajstić information content (AvgIpc) is 2.41. The molecule has 0 rings (SSSR count). The van der Waals surface area contributed by atoms with Crippen LogP contribution >= 0.6 is 15.9 Å². The maximum Gasteiger partial charge on any atom is 0.410 e. The Morgan fingerprint density at radius 1 is 1.14 bits per heavy atom. The van der Waals surface area contributed by atoms with Gasteiger partial charge in [-0.05, 0) is 48.5 Å². The summed E-state index contributed by atoms with van der Waals surface area (Å²) in [4.78, 5) is 13.9. The van der Waals surface area contributed by atoms with Gasteiger partial charge in [0.2, 0.25) is 0 Å². The highest BCUT2D eigenvalue weighted by Crippen LogP contribution is 2.21. The van der Waals surface area contributed by atoms with E-state index >= 15 is 0 Å². The van der Waals surface area contributed by atoms with E-state index in [9.17, 15) is 4.79 Å². The van der Waals surface area contributed by atoms with Crippen molar-refractivity contribution in [1.29, 1.82) is 0 Å². The van der Waals surface area contributed by atoms with Crippen molar-refractivity contribution < 1.29 is 19.0 Å². The standard InChI is InChI=1S/C16H32BrNO4/c1-9-18(13(19)22-14(2,3)4)11-16(7,10-17)21-12-15(5,6)20-8/h9-12H2,1-8H3. The van der Waals surface area contributed by atoms with E-state index in [-0.39, 0.29) is 11.7 Å². The normalized spacial score (nSPS) is 15.3. The molecule has 0 radical (unpaired) electrons. The predicted molar refractivity (Wildman–Crippen MR) is 92.7 cm³/mol. The fourth-order valence-corrected chi connectivity index (χ4v) is 1.91. The maximum absolute atomic E-state index is 12.2. The van der Waals surface area contributed by atoms with Crippen LogP contribution in [0, 0.1) is 0 Å². The summed E-state index contributed by atoms with van der Waals surface area (Å²) >= 11 is 3.49. The second kappa shape index (κ2) is 8.50. The summed E-state index contributed by atoms with van der Waals surface area (Å²) in [6.45, 7) is 14.9. The first-order chi connectivity index (χ1) is 9.88. The molecule has 0 aromatic heterocycles. The second-order valence-electron chi connectivity index (χ2n) is 7.33. The van der Waals surface area contributed by atoms with Gasteiger partial charge in [0.05, 0.1) is 24.4 Å². The van der Waals surface area contributed by atoms with Crippen LogP contribution in [-0.4, -0.2) is 59.9 Å². The first-order valence-electron chi connectivity index (χ1n) is 7.61. The van der Waals surface area contributed by atoms with Crippen molar-refractivity contribution in [3.05, 3.63) is 0 Å². The Hall–Kier alpha value is -0.330. The third kappa shape index (κ3) is 8.34. The van der Waals surface area contributed by atoms with Gasteiger partial charge in [-0.1, -0.05) is 15.9 Å². The SMILES string of the molecule is CCN(CC(C)(CBr)OCC(C)(C)OC)C(=O)OC(C)(C)C. The number of nitrogens with zero attached hydrogens (tertiary/aromatic N) is 1. The van der Waals surface area contributed by atoms with Crippen LogP contribution in [0.2, 0.25) is 0 Å². The molecule has 0 aromatic carbocycles. The second-order valence-corrected chi connectivity index (χ2v) is 7.89. The van der Waals surface area contributed by atoms with Crippen LogP contribution in [0.5, 0.6) is 0 Å². The number of amides is 1. The minimum absolute atomic E-state index is 0.322. The van der Waals surface area contributed by atoms with Crippen LogP contribution in [0.3, 0.4) is 0 Å². The topological polar surface area (TPSA) is 48.0 Å². The molecule has 0 aliphatic heterocycles. The molecule has 0 aliphatic rings. The van der Waals surface area contributed by atoms with E-state index in [1.807, 2.05) is 48.5 Å². The van der Waals surface area contributed by atoms with Gasteiger partial charge >= 0.3 is 6.09 Å². The van der Waals surface area contributed by atoms with Crippen LogP contribution in [0.15, 0.2) is 0 Å². The van der Waals surface area contributed by atoms with Gasteiger partial charge in [0.1, 0.15) is 5.60 Å². The molecular formula is C16H32BrNO4. The summed E-state index contributed by atoms with van der Waals surface area (Å²) in [5.41, 5.74) is -1.39. The fraction of sp³-hybridized carbons (Fsp3) is 0.938. The van der Waals surface area contributed by atoms with Crippen molar-refractivity contribution in [3.8, 4) is 0 Å². The summed E-state index contributed by atoms with van der Waals surface area (Å²) in [5, 5.41) is 0.610. The third-order valence-electron chi connectivity index (χ3n) is 3.16. The number of carbonyl (C=O) groups is 1. The van der Waals surface area contributed by atoms with Gasteiger partial charge in [0.15, 0.2) is 0 Å². The Morgan fingerprint density at radius 3 is 2.05 bits per heavy atom. The molecule has 22 heavy (non-hydrogen) atoms. The monoisotopic (exact) mass is 381 g/mol. The van der Waals surface area contributed by atoms with Gasteiger partial charge in [0.25, 0.3) is 0 Å². The largest absolute Gasteiger partial charge is 0.444 e. The van der Waals surface area contributed by atoms with Crippen molar-refractivity contribution in [1.82, 2.24) is 4.90 Å². The Kier molecular flexibility index (Phi) is 8.37. The highest BCUT2D eigenvalue weighted by atomic mass is 79.9. The van der Waals surface area contributed by atoms with Crippen molar-refractivity contribution in [2.24, 2.45) is 0 Å². The quantitative estimate of drug-likeness (QED) is 0.599. The van der Waals surface area contributed by atoms with E-state index < -0.39 is 11.2 Å². The van der Waals surface area contributed by atoms with E-state index in [1.165, 1.54) is 0 Å². The van der Waals surface area contributed by atoms with Gasteiger partial charge in [-0.15, -0.1) is 0 Å². The molecule has 0 saturated carbocycles. The predicted octanol–water partition coefficient (Wildman–Crippen LogP) is 3.84. The van der Waals surface area contributed by atoms with Gasteiger partial charge in [-0.3, -0.25) is 0 Å². The van der Waals surface area contributed by atoms with Gasteiger partial charge in [-0.25, -0.2) is 4.79 Å². The molecule has 1 amide bonds. The molecule has 0 saturated heterocycles. The van der Waals surface area contributed by atoms with Crippen molar-refractivity contribution >= 4 is 22.0 Å². The van der Waals surface area contributed by atoms with Crippen LogP contribution < -0.4 is 0 Å². The van der Waals surface area contributed by atoms with E-state index in [0.717, 1.165) is 0 Å². The molecule has 0 heterocycles. The summed E-state index contributed by atoms with van der Waals surface area (Å²) in [5.74, 6) is 0. The van der Waals surface area contributed by atoms with Gasteiger partial charge < -0.3 is 19.1 Å². The zero-order valence-corrected chi connectivity index (χ0v) is 16.9. The fourth-order valence-electron chi connectivity index (χ4n) is 1.57. The van der Waals surface area contributed by atoms with Crippen molar-refractivity contribution in [2.45, 2.75) is 65.3 Å². The lowest BCUT2D eigenvalue weighted by molar-refractivity contribution is -0.111. The molecule has 1 atom stereocenters. The Bertz CT molecular complexity index is 355. The molecule has 0 aromatic rings. The lowest BCUT2D eigenvalue weighted by atomic mass is 10.1. The highest BCUT2D eigenvalue weighted by Gasteiger charge is 2.33. The Balaban J connectivity index is 4.82.